The van der Waals surface area contributed by atoms with Crippen molar-refractivity contribution < 1.29 is 9.72 Å². The second kappa shape index (κ2) is 7.19. The number of aromatic nitrogens is 2. The van der Waals surface area contributed by atoms with E-state index in [1.807, 2.05) is 24.5 Å². The number of anilines is 1. The zero-order chi connectivity index (χ0) is 18.8. The first kappa shape index (κ1) is 17.2. The van der Waals surface area contributed by atoms with E-state index >= 15 is 0 Å². The Morgan fingerprint density at radius 2 is 1.85 bits per heavy atom. The van der Waals surface area contributed by atoms with Crippen LogP contribution in [0.1, 0.15) is 48.5 Å². The van der Waals surface area contributed by atoms with Crippen LogP contribution in [-0.2, 0) is 0 Å². The molecule has 3 aromatic rings. The zero-order valence-electron chi connectivity index (χ0n) is 14.8. The van der Waals surface area contributed by atoms with Gasteiger partial charge in [-0.15, -0.1) is 0 Å². The van der Waals surface area contributed by atoms with Crippen LogP contribution in [0.5, 0.6) is 0 Å². The number of hydrogen-bond acceptors (Lipinski definition) is 4. The van der Waals surface area contributed by atoms with Gasteiger partial charge in [-0.1, -0.05) is 19.3 Å². The van der Waals surface area contributed by atoms with Crippen molar-refractivity contribution >= 4 is 28.3 Å². The Balaban J connectivity index is 1.52. The smallest absolute Gasteiger partial charge is 0.269 e. The maximum absolute atomic E-state index is 12.4. The number of nitro groups is 1. The molecule has 7 heteroatoms. The number of rotatable bonds is 4. The lowest BCUT2D eigenvalue weighted by Crippen LogP contribution is -2.12. The summed E-state index contributed by atoms with van der Waals surface area (Å²) in [7, 11) is 0. The standard InChI is InChI=1S/C20H20N4O3/c25-20(14-6-9-17(10-7-14)24(26)27)22-15-8-11-19-18(12-15)21-13-23(19)16-4-2-1-3-5-16/h6-13,16H,1-5H2,(H,22,25). The van der Waals surface area contributed by atoms with Gasteiger partial charge >= 0.3 is 0 Å². The van der Waals surface area contributed by atoms with E-state index < -0.39 is 4.92 Å². The highest BCUT2D eigenvalue weighted by atomic mass is 16.6. The molecule has 1 N–H and O–H groups in total. The van der Waals surface area contributed by atoms with Crippen molar-refractivity contribution in [2.75, 3.05) is 5.32 Å². The third-order valence-electron chi connectivity index (χ3n) is 5.14. The molecule has 2 aromatic carbocycles. The summed E-state index contributed by atoms with van der Waals surface area (Å²) < 4.78 is 2.25. The van der Waals surface area contributed by atoms with Crippen LogP contribution in [-0.4, -0.2) is 20.4 Å². The summed E-state index contributed by atoms with van der Waals surface area (Å²) >= 11 is 0. The van der Waals surface area contributed by atoms with Crippen LogP contribution in [0.2, 0.25) is 0 Å². The van der Waals surface area contributed by atoms with Gasteiger partial charge in [0.2, 0.25) is 0 Å². The molecule has 138 valence electrons. The highest BCUT2D eigenvalue weighted by molar-refractivity contribution is 6.05. The zero-order valence-corrected chi connectivity index (χ0v) is 14.8. The third-order valence-corrected chi connectivity index (χ3v) is 5.14. The van der Waals surface area contributed by atoms with Gasteiger partial charge in [0, 0.05) is 29.4 Å². The van der Waals surface area contributed by atoms with Crippen LogP contribution in [0.25, 0.3) is 11.0 Å². The molecule has 1 saturated carbocycles. The summed E-state index contributed by atoms with van der Waals surface area (Å²) in [6.07, 6.45) is 8.08. The number of hydrogen-bond donors (Lipinski definition) is 1. The highest BCUT2D eigenvalue weighted by Gasteiger charge is 2.17. The number of nitrogens with zero attached hydrogens (tertiary/aromatic N) is 3. The van der Waals surface area contributed by atoms with Gasteiger partial charge in [0.05, 0.1) is 22.3 Å². The molecule has 1 aliphatic carbocycles. The molecule has 1 fully saturated rings. The summed E-state index contributed by atoms with van der Waals surface area (Å²) in [6.45, 7) is 0. The largest absolute Gasteiger partial charge is 0.327 e. The van der Waals surface area contributed by atoms with Crippen molar-refractivity contribution in [3.63, 3.8) is 0 Å². The minimum atomic E-state index is -0.488. The number of carbonyl (C=O) groups is 1. The molecule has 27 heavy (non-hydrogen) atoms. The van der Waals surface area contributed by atoms with E-state index in [1.54, 1.807) is 0 Å². The van der Waals surface area contributed by atoms with Gasteiger partial charge in [0.25, 0.3) is 11.6 Å². The Morgan fingerprint density at radius 1 is 1.11 bits per heavy atom. The van der Waals surface area contributed by atoms with E-state index in [1.165, 1.54) is 56.4 Å². The van der Waals surface area contributed by atoms with Gasteiger partial charge in [0.1, 0.15) is 0 Å². The van der Waals surface area contributed by atoms with E-state index in [2.05, 4.69) is 14.9 Å². The molecule has 0 aliphatic heterocycles. The summed E-state index contributed by atoms with van der Waals surface area (Å²) in [5.74, 6) is -0.309. The van der Waals surface area contributed by atoms with E-state index in [0.29, 0.717) is 17.3 Å². The molecule has 0 spiro atoms. The molecule has 7 nitrogen and oxygen atoms in total. The van der Waals surface area contributed by atoms with Crippen molar-refractivity contribution in [2.45, 2.75) is 38.1 Å². The molecule has 1 heterocycles. The fourth-order valence-corrected chi connectivity index (χ4v) is 3.70. The number of nitrogens with one attached hydrogen (secondary N) is 1. The average molecular weight is 364 g/mol. The lowest BCUT2D eigenvalue weighted by molar-refractivity contribution is -0.384. The predicted octanol–water partition coefficient (Wildman–Crippen LogP) is 4.70. The van der Waals surface area contributed by atoms with Gasteiger partial charge in [0.15, 0.2) is 0 Å². The minimum Gasteiger partial charge on any atom is -0.327 e. The van der Waals surface area contributed by atoms with E-state index in [0.717, 1.165) is 11.0 Å². The SMILES string of the molecule is O=C(Nc1ccc2c(c1)ncn2C1CCCCC1)c1ccc([N+](=O)[O-])cc1. The average Bonchev–Trinajstić information content (AvgIpc) is 3.12. The lowest BCUT2D eigenvalue weighted by atomic mass is 9.95. The number of imidazole rings is 1. The quantitative estimate of drug-likeness (QED) is 0.536. The molecule has 0 radical (unpaired) electrons. The first-order valence-corrected chi connectivity index (χ1v) is 9.14. The summed E-state index contributed by atoms with van der Waals surface area (Å²) in [6, 6.07) is 11.8. The van der Waals surface area contributed by atoms with Crippen molar-refractivity contribution in [3.8, 4) is 0 Å². The molecule has 1 aliphatic rings. The third kappa shape index (κ3) is 3.53. The van der Waals surface area contributed by atoms with Crippen LogP contribution in [0.4, 0.5) is 11.4 Å². The van der Waals surface area contributed by atoms with Crippen molar-refractivity contribution in [3.05, 3.63) is 64.5 Å². The van der Waals surface area contributed by atoms with Gasteiger partial charge < -0.3 is 9.88 Å². The van der Waals surface area contributed by atoms with Crippen LogP contribution in [0.15, 0.2) is 48.8 Å². The maximum Gasteiger partial charge on any atom is 0.269 e. The number of carbonyl (C=O) groups excluding carboxylic acids is 1. The van der Waals surface area contributed by atoms with Gasteiger partial charge in [-0.2, -0.15) is 0 Å². The first-order chi connectivity index (χ1) is 13.1. The molecule has 0 unspecified atom stereocenters. The molecule has 0 saturated heterocycles. The highest BCUT2D eigenvalue weighted by Crippen LogP contribution is 2.31. The normalized spacial score (nSPS) is 15.0. The molecular weight excluding hydrogens is 344 g/mol. The second-order valence-corrected chi connectivity index (χ2v) is 6.91. The Morgan fingerprint density at radius 3 is 2.56 bits per heavy atom. The Kier molecular flexibility index (Phi) is 4.58. The van der Waals surface area contributed by atoms with E-state index in [-0.39, 0.29) is 11.6 Å². The van der Waals surface area contributed by atoms with Gasteiger partial charge in [-0.25, -0.2) is 4.98 Å². The molecule has 1 aromatic heterocycles. The fourth-order valence-electron chi connectivity index (χ4n) is 3.70. The summed E-state index contributed by atoms with van der Waals surface area (Å²) in [4.78, 5) is 27.1. The van der Waals surface area contributed by atoms with Crippen molar-refractivity contribution in [1.29, 1.82) is 0 Å². The van der Waals surface area contributed by atoms with Crippen LogP contribution >= 0.6 is 0 Å². The van der Waals surface area contributed by atoms with Crippen molar-refractivity contribution in [2.24, 2.45) is 0 Å². The molecule has 1 amide bonds. The summed E-state index contributed by atoms with van der Waals surface area (Å²) in [5.41, 5.74) is 2.91. The first-order valence-electron chi connectivity index (χ1n) is 9.14. The Hall–Kier alpha value is -3.22. The Labute approximate surface area is 156 Å². The lowest BCUT2D eigenvalue weighted by Gasteiger charge is -2.23. The number of amides is 1. The number of fused-ring (bicyclic) bond motifs is 1. The monoisotopic (exact) mass is 364 g/mol. The molecule has 0 atom stereocenters. The van der Waals surface area contributed by atoms with Crippen molar-refractivity contribution in [1.82, 2.24) is 9.55 Å². The fraction of sp³-hybridized carbons (Fsp3) is 0.300. The maximum atomic E-state index is 12.4. The second-order valence-electron chi connectivity index (χ2n) is 6.91. The molecular formula is C20H20N4O3. The van der Waals surface area contributed by atoms with E-state index in [9.17, 15) is 14.9 Å². The van der Waals surface area contributed by atoms with E-state index in [4.69, 9.17) is 0 Å². The van der Waals surface area contributed by atoms with Crippen LogP contribution in [0.3, 0.4) is 0 Å². The topological polar surface area (TPSA) is 90.1 Å². The number of non-ortho nitro benzene ring substituents is 1. The predicted molar refractivity (Wildman–Crippen MR) is 103 cm³/mol. The Bertz CT molecular complexity index is 988. The van der Waals surface area contributed by atoms with Gasteiger partial charge in [-0.3, -0.25) is 14.9 Å². The summed E-state index contributed by atoms with van der Waals surface area (Å²) in [5, 5.41) is 13.5. The van der Waals surface area contributed by atoms with Crippen LogP contribution < -0.4 is 5.32 Å². The number of nitro benzene ring substituents is 1. The number of benzene rings is 2. The molecule has 0 bridgehead atoms. The van der Waals surface area contributed by atoms with Gasteiger partial charge in [-0.05, 0) is 43.2 Å². The molecule has 4 rings (SSSR count). The minimum absolute atomic E-state index is 0.0405. The van der Waals surface area contributed by atoms with Crippen LogP contribution in [0, 0.1) is 10.1 Å².